The highest BCUT2D eigenvalue weighted by molar-refractivity contribution is 5.85. The molecule has 4 rings (SSSR count). The molecule has 3 aromatic carbocycles. The van der Waals surface area contributed by atoms with Crippen molar-refractivity contribution in [3.63, 3.8) is 0 Å². The maximum atomic E-state index is 15.2. The third-order valence-electron chi connectivity index (χ3n) is 8.38. The molecule has 0 amide bonds. The summed E-state index contributed by atoms with van der Waals surface area (Å²) in [6.45, 7) is 4.47. The fraction of sp³-hybridized carbons (Fsp3) is 0.500. The van der Waals surface area contributed by atoms with Crippen molar-refractivity contribution in [2.75, 3.05) is 0 Å². The molecule has 37 heavy (non-hydrogen) atoms. The van der Waals surface area contributed by atoms with Gasteiger partial charge in [-0.3, -0.25) is 0 Å². The molecule has 1 saturated carbocycles. The molecule has 1 aliphatic carbocycles. The number of hydrogen-bond acceptors (Lipinski definition) is 0. The number of aryl methyl sites for hydroxylation is 2. The fourth-order valence-electron chi connectivity index (χ4n) is 5.99. The van der Waals surface area contributed by atoms with Crippen LogP contribution in [0.4, 0.5) is 4.39 Å². The van der Waals surface area contributed by atoms with E-state index in [0.29, 0.717) is 10.9 Å². The maximum Gasteiger partial charge on any atom is 0.146 e. The molecule has 0 aliphatic heterocycles. The Morgan fingerprint density at radius 3 is 2.11 bits per heavy atom. The van der Waals surface area contributed by atoms with Crippen molar-refractivity contribution in [3.8, 4) is 11.8 Å². The summed E-state index contributed by atoms with van der Waals surface area (Å²) >= 11 is 0. The zero-order valence-corrected chi connectivity index (χ0v) is 23.1. The number of unbranched alkanes of at least 4 members (excludes halogenated alkanes) is 4. The van der Waals surface area contributed by atoms with E-state index in [0.717, 1.165) is 42.0 Å². The van der Waals surface area contributed by atoms with Crippen LogP contribution in [0.1, 0.15) is 113 Å². The summed E-state index contributed by atoms with van der Waals surface area (Å²) in [5, 5.41) is 1.66. The van der Waals surface area contributed by atoms with Crippen LogP contribution in [0.25, 0.3) is 10.8 Å². The molecule has 196 valence electrons. The first-order valence-electron chi connectivity index (χ1n) is 15.0. The van der Waals surface area contributed by atoms with Gasteiger partial charge in [-0.2, -0.15) is 0 Å². The van der Waals surface area contributed by atoms with Gasteiger partial charge in [-0.25, -0.2) is 4.39 Å². The van der Waals surface area contributed by atoms with Crippen molar-refractivity contribution >= 4 is 10.8 Å². The van der Waals surface area contributed by atoms with Crippen LogP contribution in [0.2, 0.25) is 0 Å². The predicted octanol–water partition coefficient (Wildman–Crippen LogP) is 10.4. The lowest BCUT2D eigenvalue weighted by molar-refractivity contribution is 0.249. The lowest BCUT2D eigenvalue weighted by Gasteiger charge is -2.28. The van der Waals surface area contributed by atoms with Gasteiger partial charge in [0.05, 0.1) is 5.56 Å². The first-order valence-corrected chi connectivity index (χ1v) is 15.0. The van der Waals surface area contributed by atoms with Gasteiger partial charge in [0.25, 0.3) is 0 Å². The Morgan fingerprint density at radius 1 is 0.676 bits per heavy atom. The van der Waals surface area contributed by atoms with Gasteiger partial charge in [0.15, 0.2) is 0 Å². The topological polar surface area (TPSA) is 0 Å². The first-order chi connectivity index (χ1) is 18.2. The SMILES string of the molecule is CCCCCCCC1CCC(CCc2ccc3c(F)c(C#Cc4ccc(CCC)cc4)ccc3c2)CC1. The third-order valence-corrected chi connectivity index (χ3v) is 8.38. The Balaban J connectivity index is 1.29. The third kappa shape index (κ3) is 8.20. The zero-order chi connectivity index (χ0) is 25.9. The van der Waals surface area contributed by atoms with E-state index >= 15 is 4.39 Å². The van der Waals surface area contributed by atoms with Gasteiger partial charge in [0, 0.05) is 10.9 Å². The van der Waals surface area contributed by atoms with Crippen molar-refractivity contribution in [2.24, 2.45) is 11.8 Å². The molecule has 0 unspecified atom stereocenters. The highest BCUT2D eigenvalue weighted by atomic mass is 19.1. The van der Waals surface area contributed by atoms with Gasteiger partial charge >= 0.3 is 0 Å². The molecule has 0 saturated heterocycles. The quantitative estimate of drug-likeness (QED) is 0.183. The van der Waals surface area contributed by atoms with Crippen molar-refractivity contribution in [1.82, 2.24) is 0 Å². The molecule has 0 atom stereocenters. The second-order valence-electron chi connectivity index (χ2n) is 11.3. The highest BCUT2D eigenvalue weighted by Crippen LogP contribution is 2.34. The smallest absolute Gasteiger partial charge is 0.146 e. The molecule has 0 aromatic heterocycles. The molecule has 0 N–H and O–H groups in total. The standard InChI is InChI=1S/C36H45F/c1-3-5-6-7-8-10-29-13-17-30(18-14-29)19-20-32-22-26-35-34(27-32)25-24-33(36(35)37)23-21-31-15-11-28(9-4-2)12-16-31/h11-12,15-16,22,24-27,29-30H,3-10,13-14,17-20H2,1-2H3. The monoisotopic (exact) mass is 496 g/mol. The minimum atomic E-state index is -0.202. The molecule has 1 aliphatic rings. The Kier molecular flexibility index (Phi) is 10.7. The Labute approximate surface area is 225 Å². The van der Waals surface area contributed by atoms with Crippen LogP contribution >= 0.6 is 0 Å². The average molecular weight is 497 g/mol. The number of fused-ring (bicyclic) bond motifs is 1. The summed E-state index contributed by atoms with van der Waals surface area (Å²) in [5.41, 5.74) is 4.05. The van der Waals surface area contributed by atoms with E-state index in [2.05, 4.69) is 50.0 Å². The van der Waals surface area contributed by atoms with Gasteiger partial charge < -0.3 is 0 Å². The highest BCUT2D eigenvalue weighted by Gasteiger charge is 2.20. The van der Waals surface area contributed by atoms with E-state index in [4.69, 9.17) is 0 Å². The van der Waals surface area contributed by atoms with E-state index in [1.165, 1.54) is 81.8 Å². The van der Waals surface area contributed by atoms with Crippen LogP contribution in [-0.2, 0) is 12.8 Å². The van der Waals surface area contributed by atoms with Crippen LogP contribution in [0.5, 0.6) is 0 Å². The van der Waals surface area contributed by atoms with Crippen LogP contribution < -0.4 is 0 Å². The van der Waals surface area contributed by atoms with Crippen LogP contribution in [0.3, 0.4) is 0 Å². The van der Waals surface area contributed by atoms with Gasteiger partial charge in [0.2, 0.25) is 0 Å². The molecule has 0 heterocycles. The largest absolute Gasteiger partial charge is 0.205 e. The summed E-state index contributed by atoms with van der Waals surface area (Å²) < 4.78 is 15.2. The summed E-state index contributed by atoms with van der Waals surface area (Å²) in [5.74, 6) is 7.82. The minimum Gasteiger partial charge on any atom is -0.205 e. The van der Waals surface area contributed by atoms with Gasteiger partial charge in [-0.15, -0.1) is 0 Å². The summed E-state index contributed by atoms with van der Waals surface area (Å²) in [7, 11) is 0. The lowest BCUT2D eigenvalue weighted by Crippen LogP contribution is -2.15. The molecule has 3 aromatic rings. The van der Waals surface area contributed by atoms with E-state index in [1.54, 1.807) is 0 Å². The number of halogens is 1. The van der Waals surface area contributed by atoms with E-state index in [-0.39, 0.29) is 5.82 Å². The second-order valence-corrected chi connectivity index (χ2v) is 11.3. The zero-order valence-electron chi connectivity index (χ0n) is 23.1. The minimum absolute atomic E-state index is 0.202. The maximum absolute atomic E-state index is 15.2. The summed E-state index contributed by atoms with van der Waals surface area (Å²) in [6.07, 6.45) is 18.7. The van der Waals surface area contributed by atoms with Crippen molar-refractivity contribution in [1.29, 1.82) is 0 Å². The van der Waals surface area contributed by atoms with Gasteiger partial charge in [-0.1, -0.05) is 133 Å². The van der Waals surface area contributed by atoms with Crippen LogP contribution in [0.15, 0.2) is 54.6 Å². The van der Waals surface area contributed by atoms with Crippen molar-refractivity contribution in [2.45, 2.75) is 104 Å². The van der Waals surface area contributed by atoms with E-state index in [1.807, 2.05) is 30.3 Å². The van der Waals surface area contributed by atoms with Crippen molar-refractivity contribution < 1.29 is 4.39 Å². The summed E-state index contributed by atoms with van der Waals surface area (Å²) in [6, 6.07) is 18.4. The van der Waals surface area contributed by atoms with Crippen LogP contribution in [-0.4, -0.2) is 0 Å². The second kappa shape index (κ2) is 14.4. The van der Waals surface area contributed by atoms with Gasteiger partial charge in [0.1, 0.15) is 5.82 Å². The molecule has 0 spiro atoms. The first kappa shape index (κ1) is 27.4. The number of hydrogen-bond donors (Lipinski definition) is 0. The predicted molar refractivity (Wildman–Crippen MR) is 157 cm³/mol. The molecule has 1 heteroatoms. The number of rotatable bonds is 11. The number of benzene rings is 3. The molecule has 1 fully saturated rings. The van der Waals surface area contributed by atoms with Crippen LogP contribution in [0, 0.1) is 29.5 Å². The Hall–Kier alpha value is -2.59. The molecular weight excluding hydrogens is 451 g/mol. The van der Waals surface area contributed by atoms with E-state index < -0.39 is 0 Å². The average Bonchev–Trinajstić information content (AvgIpc) is 2.93. The molecule has 0 bridgehead atoms. The molecule has 0 nitrogen and oxygen atoms in total. The molecule has 0 radical (unpaired) electrons. The van der Waals surface area contributed by atoms with Gasteiger partial charge in [-0.05, 0) is 65.8 Å². The Bertz CT molecular complexity index is 1170. The van der Waals surface area contributed by atoms with Crippen molar-refractivity contribution in [3.05, 3.63) is 82.7 Å². The normalized spacial score (nSPS) is 17.5. The lowest BCUT2D eigenvalue weighted by atomic mass is 9.77. The summed E-state index contributed by atoms with van der Waals surface area (Å²) in [4.78, 5) is 0. The fourth-order valence-corrected chi connectivity index (χ4v) is 5.99. The molecular formula is C36H45F. The van der Waals surface area contributed by atoms with E-state index in [9.17, 15) is 0 Å². The Morgan fingerprint density at radius 2 is 1.38 bits per heavy atom.